The molecule has 0 spiro atoms. The van der Waals surface area contributed by atoms with Crippen LogP contribution in [0.3, 0.4) is 0 Å². The average molecular weight is 450 g/mol. The molecule has 0 radical (unpaired) electrons. The lowest BCUT2D eigenvalue weighted by atomic mass is 10.2. The second kappa shape index (κ2) is 8.02. The molecule has 5 rings (SSSR count). The van der Waals surface area contributed by atoms with Gasteiger partial charge in [0.05, 0.1) is 31.2 Å². The summed E-state index contributed by atoms with van der Waals surface area (Å²) in [7, 11) is 1.63. The number of rotatable bonds is 5. The van der Waals surface area contributed by atoms with E-state index in [0.29, 0.717) is 26.8 Å². The molecule has 0 unspecified atom stereocenters. The third kappa shape index (κ3) is 3.85. The topological polar surface area (TPSA) is 70.2 Å². The van der Waals surface area contributed by atoms with Crippen LogP contribution in [0.1, 0.15) is 5.69 Å². The normalized spacial score (nSPS) is 11.2. The van der Waals surface area contributed by atoms with Crippen LogP contribution in [0.15, 0.2) is 76.4 Å². The number of aromatic nitrogens is 3. The molecule has 0 saturated heterocycles. The van der Waals surface area contributed by atoms with Gasteiger partial charge in [0.2, 0.25) is 5.89 Å². The van der Waals surface area contributed by atoms with Crippen LogP contribution in [-0.4, -0.2) is 21.6 Å². The summed E-state index contributed by atoms with van der Waals surface area (Å²) >= 11 is 7.46. The molecule has 0 saturated carbocycles. The lowest BCUT2D eigenvalue weighted by Gasteiger charge is -2.01. The third-order valence-electron chi connectivity index (χ3n) is 4.83. The molecule has 31 heavy (non-hydrogen) atoms. The zero-order valence-corrected chi connectivity index (χ0v) is 18.0. The van der Waals surface area contributed by atoms with Crippen LogP contribution in [0.25, 0.3) is 32.1 Å². The molecule has 5 aromatic rings. The lowest BCUT2D eigenvalue weighted by Crippen LogP contribution is -2.20. The molecule has 2 aromatic carbocycles. The van der Waals surface area contributed by atoms with Crippen LogP contribution in [-0.2, 0) is 6.54 Å². The number of oxazole rings is 1. The van der Waals surface area contributed by atoms with Crippen molar-refractivity contribution in [3.05, 3.63) is 88.3 Å². The molecule has 0 aliphatic heterocycles. The zero-order valence-electron chi connectivity index (χ0n) is 16.4. The summed E-state index contributed by atoms with van der Waals surface area (Å²) in [5.74, 6) is 1.24. The molecular weight excluding hydrogens is 434 g/mol. The lowest BCUT2D eigenvalue weighted by molar-refractivity contribution is 0.415. The van der Waals surface area contributed by atoms with Crippen LogP contribution >= 0.6 is 22.9 Å². The van der Waals surface area contributed by atoms with E-state index in [-0.39, 0.29) is 12.1 Å². The summed E-state index contributed by atoms with van der Waals surface area (Å²) in [4.78, 5) is 23.0. The van der Waals surface area contributed by atoms with E-state index in [0.717, 1.165) is 21.8 Å². The minimum Gasteiger partial charge on any atom is -0.497 e. The van der Waals surface area contributed by atoms with Gasteiger partial charge < -0.3 is 9.15 Å². The highest BCUT2D eigenvalue weighted by Gasteiger charge is 2.13. The van der Waals surface area contributed by atoms with Gasteiger partial charge in [0.1, 0.15) is 16.7 Å². The van der Waals surface area contributed by atoms with Crippen molar-refractivity contribution >= 4 is 33.2 Å². The molecule has 0 atom stereocenters. The number of halogens is 1. The first-order chi connectivity index (χ1) is 15.1. The summed E-state index contributed by atoms with van der Waals surface area (Å²) < 4.78 is 12.9. The highest BCUT2D eigenvalue weighted by atomic mass is 35.5. The first kappa shape index (κ1) is 19.5. The maximum absolute atomic E-state index is 13.0. The van der Waals surface area contributed by atoms with Crippen molar-refractivity contribution in [2.45, 2.75) is 6.54 Å². The summed E-state index contributed by atoms with van der Waals surface area (Å²) in [6.07, 6.45) is 3.09. The number of nitrogens with zero attached hydrogens (tertiary/aromatic N) is 3. The molecule has 8 heteroatoms. The van der Waals surface area contributed by atoms with E-state index in [1.807, 2.05) is 42.5 Å². The van der Waals surface area contributed by atoms with Crippen molar-refractivity contribution in [1.82, 2.24) is 14.5 Å². The molecule has 154 valence electrons. The van der Waals surface area contributed by atoms with E-state index in [9.17, 15) is 4.79 Å². The molecule has 0 N–H and O–H groups in total. The maximum Gasteiger partial charge on any atom is 0.271 e. The summed E-state index contributed by atoms with van der Waals surface area (Å²) in [5.41, 5.74) is 2.99. The van der Waals surface area contributed by atoms with E-state index >= 15 is 0 Å². The fourth-order valence-corrected chi connectivity index (χ4v) is 4.52. The number of hydrogen-bond donors (Lipinski definition) is 0. The van der Waals surface area contributed by atoms with Gasteiger partial charge in [-0.05, 0) is 54.1 Å². The van der Waals surface area contributed by atoms with Crippen molar-refractivity contribution in [2.75, 3.05) is 7.11 Å². The quantitative estimate of drug-likeness (QED) is 0.355. The highest BCUT2D eigenvalue weighted by Crippen LogP contribution is 2.31. The van der Waals surface area contributed by atoms with E-state index in [1.54, 1.807) is 31.8 Å². The molecule has 0 fully saturated rings. The van der Waals surface area contributed by atoms with Gasteiger partial charge in [0.25, 0.3) is 5.56 Å². The molecule has 3 aromatic heterocycles. The predicted molar refractivity (Wildman–Crippen MR) is 122 cm³/mol. The molecule has 0 aliphatic carbocycles. The van der Waals surface area contributed by atoms with Crippen molar-refractivity contribution in [3.8, 4) is 27.6 Å². The Morgan fingerprint density at radius 2 is 1.97 bits per heavy atom. The van der Waals surface area contributed by atoms with Gasteiger partial charge >= 0.3 is 0 Å². The fraction of sp³-hybridized carbons (Fsp3) is 0.0870. The Balaban J connectivity index is 1.44. The van der Waals surface area contributed by atoms with E-state index in [2.05, 4.69) is 9.97 Å². The molecule has 0 aliphatic rings. The Kier molecular flexibility index (Phi) is 5.05. The molecule has 0 amide bonds. The van der Waals surface area contributed by atoms with Gasteiger partial charge in [-0.3, -0.25) is 9.36 Å². The van der Waals surface area contributed by atoms with Crippen molar-refractivity contribution in [2.24, 2.45) is 0 Å². The van der Waals surface area contributed by atoms with Crippen molar-refractivity contribution in [3.63, 3.8) is 0 Å². The highest BCUT2D eigenvalue weighted by molar-refractivity contribution is 7.22. The monoisotopic (exact) mass is 449 g/mol. The van der Waals surface area contributed by atoms with Crippen molar-refractivity contribution < 1.29 is 9.15 Å². The van der Waals surface area contributed by atoms with Gasteiger partial charge in [-0.1, -0.05) is 17.7 Å². The minimum absolute atomic E-state index is 0.109. The number of ether oxygens (including phenoxy) is 1. The summed E-state index contributed by atoms with van der Waals surface area (Å²) in [6.45, 7) is 0.265. The van der Waals surface area contributed by atoms with Gasteiger partial charge in [-0.25, -0.2) is 9.97 Å². The predicted octanol–water partition coefficient (Wildman–Crippen LogP) is 5.49. The van der Waals surface area contributed by atoms with Crippen LogP contribution in [0, 0.1) is 0 Å². The first-order valence-corrected chi connectivity index (χ1v) is 10.6. The third-order valence-corrected chi connectivity index (χ3v) is 6.23. The fourth-order valence-electron chi connectivity index (χ4n) is 3.26. The Labute approximate surface area is 186 Å². The summed E-state index contributed by atoms with van der Waals surface area (Å²) in [5, 5.41) is 0.605. The van der Waals surface area contributed by atoms with Gasteiger partial charge in [0, 0.05) is 15.5 Å². The second-order valence-electron chi connectivity index (χ2n) is 6.89. The average Bonchev–Trinajstić information content (AvgIpc) is 3.44. The molecule has 3 heterocycles. The Morgan fingerprint density at radius 3 is 2.74 bits per heavy atom. The maximum atomic E-state index is 13.0. The SMILES string of the molecule is COc1ccc(-c2cc3ncn(Cc4coc(-c5cccc(Cl)c5)n4)c(=O)c3s2)cc1. The zero-order chi connectivity index (χ0) is 21.4. The van der Waals surface area contributed by atoms with Gasteiger partial charge in [-0.2, -0.15) is 0 Å². The van der Waals surface area contributed by atoms with Crippen LogP contribution in [0.5, 0.6) is 5.75 Å². The second-order valence-corrected chi connectivity index (χ2v) is 8.37. The molecular formula is C23H16ClN3O3S. The molecule has 6 nitrogen and oxygen atoms in total. The van der Waals surface area contributed by atoms with Crippen LogP contribution in [0.4, 0.5) is 0 Å². The van der Waals surface area contributed by atoms with Crippen molar-refractivity contribution in [1.29, 1.82) is 0 Å². The Hall–Kier alpha value is -3.42. The van der Waals surface area contributed by atoms with Crippen LogP contribution < -0.4 is 10.3 Å². The van der Waals surface area contributed by atoms with E-state index < -0.39 is 0 Å². The number of thiophene rings is 1. The molecule has 0 bridgehead atoms. The summed E-state index contributed by atoms with van der Waals surface area (Å²) in [6, 6.07) is 16.9. The standard InChI is InChI=1S/C23H16ClN3O3S/c1-29-18-7-5-14(6-8-18)20-10-19-21(31-20)23(28)27(13-25-19)11-17-12-30-22(26-17)15-3-2-4-16(24)9-15/h2-10,12-13H,11H2,1H3. The van der Waals surface area contributed by atoms with Crippen LogP contribution in [0.2, 0.25) is 5.02 Å². The first-order valence-electron chi connectivity index (χ1n) is 9.44. The number of methoxy groups -OCH3 is 1. The van der Waals surface area contributed by atoms with E-state index in [4.69, 9.17) is 20.8 Å². The van der Waals surface area contributed by atoms with Gasteiger partial charge in [-0.15, -0.1) is 11.3 Å². The van der Waals surface area contributed by atoms with Gasteiger partial charge in [0.15, 0.2) is 0 Å². The smallest absolute Gasteiger partial charge is 0.271 e. The largest absolute Gasteiger partial charge is 0.497 e. The Bertz CT molecular complexity index is 1440. The Morgan fingerprint density at radius 1 is 1.13 bits per heavy atom. The van der Waals surface area contributed by atoms with E-state index in [1.165, 1.54) is 15.9 Å². The number of hydrogen-bond acceptors (Lipinski definition) is 6. The minimum atomic E-state index is -0.109. The number of fused-ring (bicyclic) bond motifs is 1. The number of benzene rings is 2.